The molecule has 9 heteroatoms. The minimum absolute atomic E-state index is 0.192. The van der Waals surface area contributed by atoms with Gasteiger partial charge in [-0.2, -0.15) is 5.10 Å². The van der Waals surface area contributed by atoms with E-state index < -0.39 is 0 Å². The second kappa shape index (κ2) is 9.76. The predicted molar refractivity (Wildman–Crippen MR) is 128 cm³/mol. The fraction of sp³-hybridized carbons (Fsp3) is 0.458. The summed E-state index contributed by atoms with van der Waals surface area (Å²) in [5.41, 5.74) is 3.91. The fourth-order valence-corrected chi connectivity index (χ4v) is 4.43. The molecule has 1 amide bonds. The molecule has 5 rings (SSSR count). The predicted octanol–water partition coefficient (Wildman–Crippen LogP) is 3.13. The molecule has 9 nitrogen and oxygen atoms in total. The first-order valence-corrected chi connectivity index (χ1v) is 11.7. The van der Waals surface area contributed by atoms with Crippen LogP contribution in [0.15, 0.2) is 36.7 Å². The number of aromatic nitrogens is 3. The number of fused-ring (bicyclic) bond motifs is 1. The number of rotatable bonds is 6. The van der Waals surface area contributed by atoms with Crippen LogP contribution in [0.25, 0.3) is 11.0 Å². The lowest BCUT2D eigenvalue weighted by atomic mass is 10.1. The molecule has 0 atom stereocenters. The first-order valence-electron chi connectivity index (χ1n) is 11.7. The third kappa shape index (κ3) is 4.65. The van der Waals surface area contributed by atoms with E-state index in [2.05, 4.69) is 31.7 Å². The molecule has 2 N–H and O–H groups in total. The number of aryl methyl sites for hydroxylation is 1. The summed E-state index contributed by atoms with van der Waals surface area (Å²) in [6.45, 7) is 7.31. The molecule has 0 unspecified atom stereocenters. The normalized spacial score (nSPS) is 17.3. The summed E-state index contributed by atoms with van der Waals surface area (Å²) in [6.07, 6.45) is 5.24. The number of pyridine rings is 1. The van der Waals surface area contributed by atoms with Crippen LogP contribution < -0.4 is 15.5 Å². The van der Waals surface area contributed by atoms with Crippen molar-refractivity contribution in [2.75, 3.05) is 55.1 Å². The molecule has 33 heavy (non-hydrogen) atoms. The van der Waals surface area contributed by atoms with Crippen molar-refractivity contribution < 1.29 is 14.3 Å². The zero-order valence-electron chi connectivity index (χ0n) is 18.9. The number of nitrogens with one attached hydrogen (secondary N) is 2. The number of ether oxygens (including phenoxy) is 2. The SMILES string of the molecule is CCn1ncc2c(NC3CCOCC3)c(C(=O)Nc3cccc(N4CCOCC4)c3)cnc21. The minimum atomic E-state index is -0.192. The molecule has 0 spiro atoms. The lowest BCUT2D eigenvalue weighted by molar-refractivity contribution is 0.0904. The molecule has 4 heterocycles. The molecule has 1 aromatic carbocycles. The van der Waals surface area contributed by atoms with Crippen LogP contribution in [0.4, 0.5) is 17.1 Å². The number of carbonyl (C=O) groups excluding carboxylic acids is 1. The summed E-state index contributed by atoms with van der Waals surface area (Å²) < 4.78 is 12.8. The van der Waals surface area contributed by atoms with E-state index in [4.69, 9.17) is 9.47 Å². The third-order valence-corrected chi connectivity index (χ3v) is 6.26. The maximum atomic E-state index is 13.4. The van der Waals surface area contributed by atoms with Crippen molar-refractivity contribution >= 4 is 34.0 Å². The van der Waals surface area contributed by atoms with Crippen LogP contribution in [-0.2, 0) is 16.0 Å². The van der Waals surface area contributed by atoms with Crippen molar-refractivity contribution in [1.29, 1.82) is 0 Å². The van der Waals surface area contributed by atoms with E-state index in [9.17, 15) is 4.79 Å². The largest absolute Gasteiger partial charge is 0.381 e. The number of amides is 1. The smallest absolute Gasteiger partial charge is 0.259 e. The van der Waals surface area contributed by atoms with Crippen molar-refractivity contribution in [3.8, 4) is 0 Å². The summed E-state index contributed by atoms with van der Waals surface area (Å²) in [5.74, 6) is -0.192. The number of morpholine rings is 1. The van der Waals surface area contributed by atoms with E-state index in [1.807, 2.05) is 29.8 Å². The lowest BCUT2D eigenvalue weighted by Gasteiger charge is -2.29. The monoisotopic (exact) mass is 450 g/mol. The van der Waals surface area contributed by atoms with E-state index in [0.29, 0.717) is 12.1 Å². The van der Waals surface area contributed by atoms with Gasteiger partial charge in [-0.3, -0.25) is 4.79 Å². The lowest BCUT2D eigenvalue weighted by Crippen LogP contribution is -2.36. The van der Waals surface area contributed by atoms with Gasteiger partial charge in [0.25, 0.3) is 5.91 Å². The molecular weight excluding hydrogens is 420 g/mol. The van der Waals surface area contributed by atoms with E-state index in [-0.39, 0.29) is 11.9 Å². The van der Waals surface area contributed by atoms with Gasteiger partial charge >= 0.3 is 0 Å². The highest BCUT2D eigenvalue weighted by Gasteiger charge is 2.22. The van der Waals surface area contributed by atoms with Crippen LogP contribution in [0.1, 0.15) is 30.1 Å². The summed E-state index contributed by atoms with van der Waals surface area (Å²) in [4.78, 5) is 20.2. The van der Waals surface area contributed by atoms with Gasteiger partial charge in [0.15, 0.2) is 5.65 Å². The zero-order valence-corrected chi connectivity index (χ0v) is 18.9. The average Bonchev–Trinajstić information content (AvgIpc) is 3.29. The van der Waals surface area contributed by atoms with Gasteiger partial charge in [-0.1, -0.05) is 6.07 Å². The highest BCUT2D eigenvalue weighted by atomic mass is 16.5. The molecule has 2 aliphatic heterocycles. The Morgan fingerprint density at radius 1 is 1.12 bits per heavy atom. The fourth-order valence-electron chi connectivity index (χ4n) is 4.43. The summed E-state index contributed by atoms with van der Waals surface area (Å²) in [7, 11) is 0. The molecule has 2 aliphatic rings. The van der Waals surface area contributed by atoms with E-state index >= 15 is 0 Å². The van der Waals surface area contributed by atoms with E-state index in [1.165, 1.54) is 0 Å². The second-order valence-electron chi connectivity index (χ2n) is 8.38. The van der Waals surface area contributed by atoms with Gasteiger partial charge in [0.05, 0.1) is 36.0 Å². The van der Waals surface area contributed by atoms with Crippen LogP contribution in [-0.4, -0.2) is 66.2 Å². The number of anilines is 3. The van der Waals surface area contributed by atoms with Crippen LogP contribution in [0.2, 0.25) is 0 Å². The van der Waals surface area contributed by atoms with Crippen molar-refractivity contribution in [2.45, 2.75) is 32.4 Å². The Bertz CT molecular complexity index is 1120. The second-order valence-corrected chi connectivity index (χ2v) is 8.38. The molecule has 174 valence electrons. The van der Waals surface area contributed by atoms with Crippen LogP contribution in [0.5, 0.6) is 0 Å². The first kappa shape index (κ1) is 21.7. The van der Waals surface area contributed by atoms with Gasteiger partial charge in [0, 0.05) is 56.5 Å². The Kier molecular flexibility index (Phi) is 6.41. The standard InChI is InChI=1S/C24H30N6O3/c1-2-30-23-20(16-26-30)22(27-17-6-10-32-11-7-17)21(15-25-23)24(31)28-18-4-3-5-19(14-18)29-8-12-33-13-9-29/h3-5,14-17H,2,6-13H2,1H3,(H,25,27)(H,28,31). The zero-order chi connectivity index (χ0) is 22.6. The summed E-state index contributed by atoms with van der Waals surface area (Å²) >= 11 is 0. The highest BCUT2D eigenvalue weighted by Crippen LogP contribution is 2.29. The topological polar surface area (TPSA) is 93.5 Å². The molecule has 0 radical (unpaired) electrons. The minimum Gasteiger partial charge on any atom is -0.381 e. The number of nitrogens with zero attached hydrogens (tertiary/aromatic N) is 4. The molecule has 2 saturated heterocycles. The van der Waals surface area contributed by atoms with Crippen molar-refractivity contribution in [1.82, 2.24) is 14.8 Å². The Labute approximate surface area is 193 Å². The van der Waals surface area contributed by atoms with Gasteiger partial charge in [0.1, 0.15) is 0 Å². The molecule has 0 saturated carbocycles. The van der Waals surface area contributed by atoms with Crippen molar-refractivity contribution in [3.05, 3.63) is 42.2 Å². The maximum Gasteiger partial charge on any atom is 0.259 e. The van der Waals surface area contributed by atoms with Crippen LogP contribution >= 0.6 is 0 Å². The molecule has 2 aromatic heterocycles. The van der Waals surface area contributed by atoms with Crippen molar-refractivity contribution in [3.63, 3.8) is 0 Å². The molecule has 3 aromatic rings. The summed E-state index contributed by atoms with van der Waals surface area (Å²) in [5, 5.41) is 12.0. The number of hydrogen-bond acceptors (Lipinski definition) is 7. The molecule has 0 bridgehead atoms. The number of carbonyl (C=O) groups is 1. The molecular formula is C24H30N6O3. The number of benzene rings is 1. The van der Waals surface area contributed by atoms with Gasteiger partial charge in [-0.05, 0) is 38.0 Å². The van der Waals surface area contributed by atoms with Gasteiger partial charge in [0.2, 0.25) is 0 Å². The number of hydrogen-bond donors (Lipinski definition) is 2. The van der Waals surface area contributed by atoms with Gasteiger partial charge in [-0.25, -0.2) is 9.67 Å². The third-order valence-electron chi connectivity index (χ3n) is 6.26. The Morgan fingerprint density at radius 2 is 1.91 bits per heavy atom. The first-order chi connectivity index (χ1) is 16.2. The Hall–Kier alpha value is -3.17. The van der Waals surface area contributed by atoms with Gasteiger partial charge < -0.3 is 25.0 Å². The molecule has 2 fully saturated rings. The highest BCUT2D eigenvalue weighted by molar-refractivity contribution is 6.12. The van der Waals surface area contributed by atoms with Crippen LogP contribution in [0, 0.1) is 0 Å². The average molecular weight is 451 g/mol. The van der Waals surface area contributed by atoms with E-state index in [0.717, 1.165) is 80.5 Å². The summed E-state index contributed by atoms with van der Waals surface area (Å²) in [6, 6.07) is 8.19. The quantitative estimate of drug-likeness (QED) is 0.596. The van der Waals surface area contributed by atoms with Crippen LogP contribution in [0.3, 0.4) is 0 Å². The Balaban J connectivity index is 1.43. The van der Waals surface area contributed by atoms with Gasteiger partial charge in [-0.15, -0.1) is 0 Å². The van der Waals surface area contributed by atoms with Crippen molar-refractivity contribution in [2.24, 2.45) is 0 Å². The molecule has 0 aliphatic carbocycles. The maximum absolute atomic E-state index is 13.4. The van der Waals surface area contributed by atoms with E-state index in [1.54, 1.807) is 12.4 Å². The Morgan fingerprint density at radius 3 is 2.70 bits per heavy atom.